The summed E-state index contributed by atoms with van der Waals surface area (Å²) in [5.41, 5.74) is 1.59. The second-order valence-corrected chi connectivity index (χ2v) is 6.82. The number of anilines is 2. The van der Waals surface area contributed by atoms with Gasteiger partial charge in [0.25, 0.3) is 0 Å². The Morgan fingerprint density at radius 2 is 1.77 bits per heavy atom. The molecule has 2 aromatic carbocycles. The molecule has 30 heavy (non-hydrogen) atoms. The number of para-hydroxylation sites is 2. The second-order valence-electron chi connectivity index (χ2n) is 6.42. The minimum atomic E-state index is -0.860. The van der Waals surface area contributed by atoms with E-state index in [9.17, 15) is 19.2 Å². The minimum absolute atomic E-state index is 0.0363. The average Bonchev–Trinajstić information content (AvgIpc) is 2.98. The number of esters is 1. The lowest BCUT2D eigenvalue weighted by molar-refractivity contribution is -0.141. The Balaban J connectivity index is 1.72. The molecule has 0 aromatic heterocycles. The van der Waals surface area contributed by atoms with E-state index in [2.05, 4.69) is 0 Å². The monoisotopic (exact) mass is 425 g/mol. The van der Waals surface area contributed by atoms with E-state index < -0.39 is 24.2 Å². The van der Waals surface area contributed by atoms with Gasteiger partial charge in [-0.05, 0) is 30.3 Å². The molecule has 0 radical (unpaired) electrons. The van der Waals surface area contributed by atoms with Crippen LogP contribution in [-0.4, -0.2) is 32.5 Å². The SMILES string of the molecule is CN1C(=C(C#N)C(=O)COC(=O)/C=C/c2c(F)cccc2Cl)N(C)c2ccccc21. The zero-order chi connectivity index (χ0) is 21.8. The fourth-order valence-corrected chi connectivity index (χ4v) is 3.36. The molecule has 0 fully saturated rings. The molecule has 3 rings (SSSR count). The Bertz CT molecular complexity index is 1070. The van der Waals surface area contributed by atoms with Gasteiger partial charge in [0, 0.05) is 25.7 Å². The number of benzene rings is 2. The largest absolute Gasteiger partial charge is 0.454 e. The van der Waals surface area contributed by atoms with Crippen molar-refractivity contribution in [3.8, 4) is 6.07 Å². The van der Waals surface area contributed by atoms with E-state index >= 15 is 0 Å². The van der Waals surface area contributed by atoms with Gasteiger partial charge < -0.3 is 14.5 Å². The molecule has 0 saturated carbocycles. The predicted octanol–water partition coefficient (Wildman–Crippen LogP) is 3.93. The third-order valence-electron chi connectivity index (χ3n) is 4.59. The third-order valence-corrected chi connectivity index (χ3v) is 4.92. The molecule has 6 nitrogen and oxygen atoms in total. The zero-order valence-corrected chi connectivity index (χ0v) is 17.0. The molecule has 0 saturated heterocycles. The smallest absolute Gasteiger partial charge is 0.331 e. The fourth-order valence-electron chi connectivity index (χ4n) is 3.14. The van der Waals surface area contributed by atoms with Gasteiger partial charge in [0.2, 0.25) is 5.78 Å². The number of rotatable bonds is 5. The molecular weight excluding hydrogens is 409 g/mol. The van der Waals surface area contributed by atoms with Crippen molar-refractivity contribution in [2.24, 2.45) is 0 Å². The van der Waals surface area contributed by atoms with E-state index in [0.29, 0.717) is 5.82 Å². The van der Waals surface area contributed by atoms with E-state index in [-0.39, 0.29) is 16.2 Å². The lowest BCUT2D eigenvalue weighted by atomic mass is 10.2. The van der Waals surface area contributed by atoms with Crippen LogP contribution in [-0.2, 0) is 14.3 Å². The number of ketones is 1. The fraction of sp³-hybridized carbons (Fsp3) is 0.136. The third kappa shape index (κ3) is 4.04. The van der Waals surface area contributed by atoms with Crippen LogP contribution in [0, 0.1) is 17.1 Å². The highest BCUT2D eigenvalue weighted by Crippen LogP contribution is 2.40. The van der Waals surface area contributed by atoms with Crippen LogP contribution in [0.1, 0.15) is 5.56 Å². The van der Waals surface area contributed by atoms with Crippen molar-refractivity contribution in [2.75, 3.05) is 30.5 Å². The van der Waals surface area contributed by atoms with E-state index in [1.54, 1.807) is 23.9 Å². The van der Waals surface area contributed by atoms with Gasteiger partial charge in [0.1, 0.15) is 23.3 Å². The molecule has 0 atom stereocenters. The minimum Gasteiger partial charge on any atom is -0.454 e. The summed E-state index contributed by atoms with van der Waals surface area (Å²) in [6.07, 6.45) is 2.14. The molecule has 1 aliphatic rings. The quantitative estimate of drug-likeness (QED) is 0.410. The number of fused-ring (bicyclic) bond motifs is 1. The van der Waals surface area contributed by atoms with E-state index in [1.165, 1.54) is 24.3 Å². The summed E-state index contributed by atoms with van der Waals surface area (Å²) in [6, 6.07) is 13.5. The number of hydrogen-bond acceptors (Lipinski definition) is 6. The van der Waals surface area contributed by atoms with Crippen molar-refractivity contribution in [3.63, 3.8) is 0 Å². The van der Waals surface area contributed by atoms with E-state index in [0.717, 1.165) is 17.5 Å². The van der Waals surface area contributed by atoms with Crippen molar-refractivity contribution in [2.45, 2.75) is 0 Å². The lowest BCUT2D eigenvalue weighted by Gasteiger charge is -2.19. The predicted molar refractivity (Wildman–Crippen MR) is 112 cm³/mol. The van der Waals surface area contributed by atoms with Gasteiger partial charge in [-0.15, -0.1) is 0 Å². The highest BCUT2D eigenvalue weighted by Gasteiger charge is 2.31. The van der Waals surface area contributed by atoms with Crippen molar-refractivity contribution in [1.29, 1.82) is 5.26 Å². The Hall–Kier alpha value is -3.63. The van der Waals surface area contributed by atoms with Gasteiger partial charge in [0.15, 0.2) is 6.61 Å². The number of carbonyl (C=O) groups excluding carboxylic acids is 2. The number of carbonyl (C=O) groups is 2. The number of nitriles is 1. The van der Waals surface area contributed by atoms with Gasteiger partial charge >= 0.3 is 5.97 Å². The molecule has 152 valence electrons. The summed E-state index contributed by atoms with van der Waals surface area (Å²) in [6.45, 7) is -0.626. The summed E-state index contributed by atoms with van der Waals surface area (Å²) >= 11 is 5.89. The first-order valence-electron chi connectivity index (χ1n) is 8.88. The molecule has 0 bridgehead atoms. The zero-order valence-electron chi connectivity index (χ0n) is 16.2. The van der Waals surface area contributed by atoms with Crippen LogP contribution in [0.15, 0.2) is 59.9 Å². The van der Waals surface area contributed by atoms with Gasteiger partial charge in [-0.25, -0.2) is 9.18 Å². The van der Waals surface area contributed by atoms with Crippen molar-refractivity contribution in [1.82, 2.24) is 0 Å². The van der Waals surface area contributed by atoms with Gasteiger partial charge in [-0.1, -0.05) is 29.8 Å². The molecule has 0 N–H and O–H groups in total. The van der Waals surface area contributed by atoms with E-state index in [1.807, 2.05) is 30.3 Å². The Morgan fingerprint density at radius 1 is 1.13 bits per heavy atom. The summed E-state index contributed by atoms with van der Waals surface area (Å²) in [4.78, 5) is 28.0. The maximum atomic E-state index is 13.7. The lowest BCUT2D eigenvalue weighted by Crippen LogP contribution is -2.27. The van der Waals surface area contributed by atoms with Gasteiger partial charge in [0.05, 0.1) is 16.4 Å². The molecule has 8 heteroatoms. The summed E-state index contributed by atoms with van der Waals surface area (Å²) < 4.78 is 18.7. The average molecular weight is 426 g/mol. The first kappa shape index (κ1) is 21.1. The number of nitrogens with zero attached hydrogens (tertiary/aromatic N) is 3. The van der Waals surface area contributed by atoms with Crippen LogP contribution in [0.2, 0.25) is 5.02 Å². The Morgan fingerprint density at radius 3 is 2.33 bits per heavy atom. The van der Waals surface area contributed by atoms with Crippen LogP contribution in [0.5, 0.6) is 0 Å². The van der Waals surface area contributed by atoms with Crippen LogP contribution >= 0.6 is 11.6 Å². The van der Waals surface area contributed by atoms with Crippen LogP contribution in [0.3, 0.4) is 0 Å². The molecular formula is C22H17ClFN3O3. The van der Waals surface area contributed by atoms with Crippen molar-refractivity contribution in [3.05, 3.63) is 76.3 Å². The molecule has 0 spiro atoms. The number of halogens is 2. The maximum absolute atomic E-state index is 13.7. The topological polar surface area (TPSA) is 73.6 Å². The van der Waals surface area contributed by atoms with Crippen LogP contribution in [0.4, 0.5) is 15.8 Å². The van der Waals surface area contributed by atoms with Crippen LogP contribution < -0.4 is 9.80 Å². The first-order chi connectivity index (χ1) is 14.3. The molecule has 1 heterocycles. The second kappa shape index (κ2) is 8.80. The summed E-state index contributed by atoms with van der Waals surface area (Å²) in [5, 5.41) is 9.69. The Labute approximate surface area is 178 Å². The molecule has 1 aliphatic heterocycles. The normalized spacial score (nSPS) is 12.7. The van der Waals surface area contributed by atoms with Crippen molar-refractivity contribution >= 4 is 40.8 Å². The maximum Gasteiger partial charge on any atom is 0.331 e. The molecule has 0 amide bonds. The van der Waals surface area contributed by atoms with Crippen LogP contribution in [0.25, 0.3) is 6.08 Å². The molecule has 0 aliphatic carbocycles. The van der Waals surface area contributed by atoms with E-state index in [4.69, 9.17) is 16.3 Å². The number of Topliss-reactive ketones (excluding diaryl/α,β-unsaturated/α-hetero) is 1. The van der Waals surface area contributed by atoms with Gasteiger partial charge in [-0.3, -0.25) is 4.79 Å². The van der Waals surface area contributed by atoms with Gasteiger partial charge in [-0.2, -0.15) is 5.26 Å². The summed E-state index contributed by atoms with van der Waals surface area (Å²) in [5.74, 6) is -1.70. The highest BCUT2D eigenvalue weighted by atomic mass is 35.5. The number of hydrogen-bond donors (Lipinski definition) is 0. The molecule has 2 aromatic rings. The van der Waals surface area contributed by atoms with Crippen molar-refractivity contribution < 1.29 is 18.7 Å². The summed E-state index contributed by atoms with van der Waals surface area (Å²) in [7, 11) is 3.49. The standard InChI is InChI=1S/C22H17ClFN3O3/c1-26-18-8-3-4-9-19(18)27(2)22(26)15(12-25)20(28)13-30-21(29)11-10-14-16(23)6-5-7-17(14)24/h3-11H,13H2,1-2H3/b11-10+. The number of ether oxygens (including phenoxy) is 1. The molecule has 0 unspecified atom stereocenters. The highest BCUT2D eigenvalue weighted by molar-refractivity contribution is 6.32. The first-order valence-corrected chi connectivity index (χ1v) is 9.26. The Kier molecular flexibility index (Phi) is 6.19.